The first-order valence-electron chi connectivity index (χ1n) is 7.18. The minimum Gasteiger partial charge on any atom is -0.462 e. The quantitative estimate of drug-likeness (QED) is 0.422. The molecule has 0 saturated carbocycles. The molecule has 0 unspecified atom stereocenters. The Morgan fingerprint density at radius 2 is 1.92 bits per heavy atom. The molecule has 2 N–H and O–H groups in total. The van der Waals surface area contributed by atoms with Gasteiger partial charge in [-0.1, -0.05) is 17.7 Å². The van der Waals surface area contributed by atoms with Crippen LogP contribution in [0.3, 0.4) is 0 Å². The highest BCUT2D eigenvalue weighted by molar-refractivity contribution is 7.99. The molecule has 1 rings (SSSR count). The average Bonchev–Trinajstić information content (AvgIpc) is 2.51. The molecule has 0 aliphatic heterocycles. The predicted molar refractivity (Wildman–Crippen MR) is 91.0 cm³/mol. The Kier molecular flexibility index (Phi) is 8.64. The zero-order valence-corrected chi connectivity index (χ0v) is 15.0. The van der Waals surface area contributed by atoms with Gasteiger partial charge >= 0.3 is 17.8 Å². The predicted octanol–water partition coefficient (Wildman–Crippen LogP) is 2.70. The first kappa shape index (κ1) is 21.2. The maximum absolute atomic E-state index is 12.4. The molecular weight excluding hydrogens is 378 g/mol. The number of benzene rings is 1. The topological polar surface area (TPSA) is 84.5 Å². The normalized spacial score (nSPS) is 10.7. The lowest BCUT2D eigenvalue weighted by Gasteiger charge is -2.12. The number of carbonyl (C=O) groups is 3. The van der Waals surface area contributed by atoms with Crippen LogP contribution in [0.2, 0.25) is 5.02 Å². The van der Waals surface area contributed by atoms with Gasteiger partial charge in [0.1, 0.15) is 6.54 Å². The number of rotatable bonds is 7. The Morgan fingerprint density at radius 3 is 2.52 bits per heavy atom. The van der Waals surface area contributed by atoms with Crippen LogP contribution >= 0.6 is 23.4 Å². The number of nitrogens with one attached hydrogen (secondary N) is 2. The number of carbonyl (C=O) groups excluding carboxylic acids is 3. The van der Waals surface area contributed by atoms with E-state index in [1.807, 2.05) is 0 Å². The van der Waals surface area contributed by atoms with Gasteiger partial charge < -0.3 is 15.4 Å². The Labute approximate surface area is 152 Å². The van der Waals surface area contributed by atoms with Crippen LogP contribution in [-0.2, 0) is 19.1 Å². The fourth-order valence-electron chi connectivity index (χ4n) is 1.62. The van der Waals surface area contributed by atoms with Crippen molar-refractivity contribution in [1.29, 1.82) is 0 Å². The molecule has 0 heterocycles. The first-order chi connectivity index (χ1) is 11.7. The molecule has 0 fully saturated rings. The van der Waals surface area contributed by atoms with Gasteiger partial charge in [-0.25, -0.2) is 8.78 Å². The van der Waals surface area contributed by atoms with Crippen molar-refractivity contribution < 1.29 is 27.9 Å². The van der Waals surface area contributed by atoms with Crippen LogP contribution < -0.4 is 10.6 Å². The molecule has 0 aliphatic carbocycles. The Morgan fingerprint density at radius 1 is 1.24 bits per heavy atom. The zero-order chi connectivity index (χ0) is 19.0. The molecule has 0 aromatic heterocycles. The summed E-state index contributed by atoms with van der Waals surface area (Å²) in [4.78, 5) is 35.1. The van der Waals surface area contributed by atoms with Crippen molar-refractivity contribution >= 4 is 46.8 Å². The van der Waals surface area contributed by atoms with Gasteiger partial charge in [-0.05, 0) is 26.0 Å². The molecule has 0 bridgehead atoms. The number of alkyl halides is 2. The third kappa shape index (κ3) is 7.70. The van der Waals surface area contributed by atoms with Crippen molar-refractivity contribution in [1.82, 2.24) is 5.32 Å². The van der Waals surface area contributed by atoms with Gasteiger partial charge in [0.2, 0.25) is 6.43 Å². The van der Waals surface area contributed by atoms with Crippen molar-refractivity contribution in [2.24, 2.45) is 0 Å². The average molecular weight is 395 g/mol. The van der Waals surface area contributed by atoms with Crippen molar-refractivity contribution in [3.63, 3.8) is 0 Å². The third-order valence-electron chi connectivity index (χ3n) is 2.54. The summed E-state index contributed by atoms with van der Waals surface area (Å²) in [6.45, 7) is 2.82. The summed E-state index contributed by atoms with van der Waals surface area (Å²) in [5, 5.41) is 4.56. The second-order valence-corrected chi connectivity index (χ2v) is 6.43. The SMILES string of the molecule is CC(C)OC(=O)CNC(=O)C(=O)Nc1cccc(Cl)c1SCC(F)F. The Hall–Kier alpha value is -1.87. The second kappa shape index (κ2) is 10.2. The van der Waals surface area contributed by atoms with E-state index >= 15 is 0 Å². The standard InChI is InChI=1S/C15H17ClF2N2O4S/c1-8(2)24-12(21)6-19-14(22)15(23)20-10-5-3-4-9(16)13(10)25-7-11(17)18/h3-5,8,11H,6-7H2,1-2H3,(H,19,22)(H,20,23). The summed E-state index contributed by atoms with van der Waals surface area (Å²) in [6.07, 6.45) is -2.90. The zero-order valence-electron chi connectivity index (χ0n) is 13.5. The van der Waals surface area contributed by atoms with Crippen molar-refractivity contribution in [2.45, 2.75) is 31.3 Å². The second-order valence-electron chi connectivity index (χ2n) is 4.99. The van der Waals surface area contributed by atoms with Gasteiger partial charge in [0.15, 0.2) is 0 Å². The minimum atomic E-state index is -2.56. The number of halogens is 3. The van der Waals surface area contributed by atoms with E-state index in [-0.39, 0.29) is 21.7 Å². The van der Waals surface area contributed by atoms with Crippen LogP contribution in [-0.4, -0.2) is 42.6 Å². The Balaban J connectivity index is 2.68. The summed E-state index contributed by atoms with van der Waals surface area (Å²) < 4.78 is 29.6. The highest BCUT2D eigenvalue weighted by Crippen LogP contribution is 2.35. The van der Waals surface area contributed by atoms with E-state index in [4.69, 9.17) is 16.3 Å². The lowest BCUT2D eigenvalue weighted by atomic mass is 10.3. The largest absolute Gasteiger partial charge is 0.462 e. The summed E-state index contributed by atoms with van der Waals surface area (Å²) in [5.74, 6) is -3.32. The number of hydrogen-bond acceptors (Lipinski definition) is 5. The molecule has 1 aromatic rings. The molecule has 0 radical (unpaired) electrons. The molecule has 0 aliphatic rings. The first-order valence-corrected chi connectivity index (χ1v) is 8.55. The molecular formula is C15H17ClF2N2O4S. The van der Waals surface area contributed by atoms with Gasteiger partial charge in [0, 0.05) is 4.90 Å². The molecule has 6 nitrogen and oxygen atoms in total. The maximum atomic E-state index is 12.4. The third-order valence-corrected chi connectivity index (χ3v) is 4.11. The van der Waals surface area contributed by atoms with Crippen LogP contribution in [0.5, 0.6) is 0 Å². The van der Waals surface area contributed by atoms with E-state index in [0.29, 0.717) is 0 Å². The highest BCUT2D eigenvalue weighted by atomic mass is 35.5. The minimum absolute atomic E-state index is 0.128. The smallest absolute Gasteiger partial charge is 0.325 e. The summed E-state index contributed by atoms with van der Waals surface area (Å²) in [7, 11) is 0. The van der Waals surface area contributed by atoms with Crippen LogP contribution in [0.15, 0.2) is 23.1 Å². The molecule has 0 saturated heterocycles. The van der Waals surface area contributed by atoms with Crippen LogP contribution in [0.1, 0.15) is 13.8 Å². The molecule has 25 heavy (non-hydrogen) atoms. The monoisotopic (exact) mass is 394 g/mol. The van der Waals surface area contributed by atoms with Gasteiger partial charge in [0.05, 0.1) is 22.6 Å². The number of thioether (sulfide) groups is 1. The van der Waals surface area contributed by atoms with Gasteiger partial charge in [-0.2, -0.15) is 0 Å². The summed E-state index contributed by atoms with van der Waals surface area (Å²) in [5.41, 5.74) is 0.128. The number of anilines is 1. The van der Waals surface area contributed by atoms with Crippen molar-refractivity contribution in [3.05, 3.63) is 23.2 Å². The lowest BCUT2D eigenvalue weighted by Crippen LogP contribution is -2.39. The molecule has 0 atom stereocenters. The van der Waals surface area contributed by atoms with Crippen LogP contribution in [0.4, 0.5) is 14.5 Å². The van der Waals surface area contributed by atoms with Gasteiger partial charge in [0.25, 0.3) is 0 Å². The lowest BCUT2D eigenvalue weighted by molar-refractivity contribution is -0.147. The molecule has 10 heteroatoms. The molecule has 0 spiro atoms. The van der Waals surface area contributed by atoms with Crippen molar-refractivity contribution in [2.75, 3.05) is 17.6 Å². The van der Waals surface area contributed by atoms with E-state index < -0.39 is 36.5 Å². The highest BCUT2D eigenvalue weighted by Gasteiger charge is 2.19. The van der Waals surface area contributed by atoms with Crippen LogP contribution in [0.25, 0.3) is 0 Å². The number of amides is 2. The molecule has 1 aromatic carbocycles. The van der Waals surface area contributed by atoms with E-state index in [2.05, 4.69) is 10.6 Å². The fourth-order valence-corrected chi connectivity index (χ4v) is 2.73. The van der Waals surface area contributed by atoms with Crippen LogP contribution in [0, 0.1) is 0 Å². The summed E-state index contributed by atoms with van der Waals surface area (Å²) >= 11 is 6.71. The van der Waals surface area contributed by atoms with Gasteiger partial charge in [-0.3, -0.25) is 14.4 Å². The number of esters is 1. The van der Waals surface area contributed by atoms with E-state index in [1.54, 1.807) is 13.8 Å². The van der Waals surface area contributed by atoms with E-state index in [1.165, 1.54) is 18.2 Å². The molecule has 138 valence electrons. The number of hydrogen-bond donors (Lipinski definition) is 2. The fraction of sp³-hybridized carbons (Fsp3) is 0.400. The maximum Gasteiger partial charge on any atom is 0.325 e. The molecule has 2 amide bonds. The number of ether oxygens (including phenoxy) is 1. The van der Waals surface area contributed by atoms with Crippen molar-refractivity contribution in [3.8, 4) is 0 Å². The summed E-state index contributed by atoms with van der Waals surface area (Å²) in [6, 6.07) is 4.41. The van der Waals surface area contributed by atoms with Gasteiger partial charge in [-0.15, -0.1) is 11.8 Å². The van der Waals surface area contributed by atoms with E-state index in [0.717, 1.165) is 11.8 Å². The Bertz CT molecular complexity index is 644. The van der Waals surface area contributed by atoms with E-state index in [9.17, 15) is 23.2 Å².